The molecule has 0 saturated heterocycles. The van der Waals surface area contributed by atoms with E-state index in [-0.39, 0.29) is 0 Å². The predicted molar refractivity (Wildman–Crippen MR) is 72.7 cm³/mol. The number of benzene rings is 2. The van der Waals surface area contributed by atoms with Gasteiger partial charge in [-0.3, -0.25) is 0 Å². The van der Waals surface area contributed by atoms with Crippen LogP contribution in [0.4, 0.5) is 0 Å². The molecule has 0 N–H and O–H groups in total. The molecule has 2 heteroatoms. The van der Waals surface area contributed by atoms with Crippen LogP contribution in [-0.4, -0.2) is 5.88 Å². The van der Waals surface area contributed by atoms with Gasteiger partial charge >= 0.3 is 0 Å². The van der Waals surface area contributed by atoms with Gasteiger partial charge in [-0.2, -0.15) is 0 Å². The number of alkyl halides is 1. The van der Waals surface area contributed by atoms with Crippen molar-refractivity contribution in [3.8, 4) is 11.5 Å². The summed E-state index contributed by atoms with van der Waals surface area (Å²) < 4.78 is 5.73. The largest absolute Gasteiger partial charge is 0.457 e. The van der Waals surface area contributed by atoms with Crippen molar-refractivity contribution in [3.63, 3.8) is 0 Å². The number of rotatable bonds is 4. The van der Waals surface area contributed by atoms with Crippen molar-refractivity contribution in [2.24, 2.45) is 0 Å². The topological polar surface area (TPSA) is 9.23 Å². The third kappa shape index (κ3) is 3.65. The van der Waals surface area contributed by atoms with Crippen molar-refractivity contribution in [1.29, 1.82) is 0 Å². The van der Waals surface area contributed by atoms with Gasteiger partial charge in [0.15, 0.2) is 0 Å². The van der Waals surface area contributed by atoms with Gasteiger partial charge in [0.2, 0.25) is 0 Å². The molecule has 17 heavy (non-hydrogen) atoms. The highest BCUT2D eigenvalue weighted by atomic mass is 35.5. The molecule has 86 valence electrons. The Hall–Kier alpha value is -1.73. The zero-order chi connectivity index (χ0) is 11.9. The lowest BCUT2D eigenvalue weighted by Crippen LogP contribution is -1.83. The smallest absolute Gasteiger partial charge is 0.128 e. The fraction of sp³-hybridized carbons (Fsp3) is 0.0667. The summed E-state index contributed by atoms with van der Waals surface area (Å²) in [7, 11) is 0. The van der Waals surface area contributed by atoms with E-state index in [0.717, 1.165) is 17.1 Å². The second-order valence-corrected chi connectivity index (χ2v) is 3.85. The number of para-hydroxylation sites is 1. The molecule has 0 fully saturated rings. The van der Waals surface area contributed by atoms with Crippen LogP contribution >= 0.6 is 11.6 Å². The lowest BCUT2D eigenvalue weighted by atomic mass is 10.2. The summed E-state index contributed by atoms with van der Waals surface area (Å²) in [6.45, 7) is 0. The summed E-state index contributed by atoms with van der Waals surface area (Å²) in [5, 5.41) is 0. The van der Waals surface area contributed by atoms with E-state index in [0.29, 0.717) is 5.88 Å². The van der Waals surface area contributed by atoms with Crippen LogP contribution in [0.2, 0.25) is 0 Å². The monoisotopic (exact) mass is 244 g/mol. The van der Waals surface area contributed by atoms with E-state index in [1.54, 1.807) is 0 Å². The number of hydrogen-bond acceptors (Lipinski definition) is 1. The number of ether oxygens (including phenoxy) is 1. The predicted octanol–water partition coefficient (Wildman–Crippen LogP) is 4.73. The lowest BCUT2D eigenvalue weighted by molar-refractivity contribution is 0.482. The Labute approximate surface area is 106 Å². The quantitative estimate of drug-likeness (QED) is 0.707. The van der Waals surface area contributed by atoms with E-state index < -0.39 is 0 Å². The third-order valence-electron chi connectivity index (χ3n) is 2.24. The Balaban J connectivity index is 2.14. The highest BCUT2D eigenvalue weighted by Gasteiger charge is 1.96. The van der Waals surface area contributed by atoms with Crippen molar-refractivity contribution in [3.05, 3.63) is 66.2 Å². The maximum absolute atomic E-state index is 5.73. The number of hydrogen-bond donors (Lipinski definition) is 0. The van der Waals surface area contributed by atoms with Crippen LogP contribution in [-0.2, 0) is 0 Å². The summed E-state index contributed by atoms with van der Waals surface area (Å²) in [5.41, 5.74) is 1.08. The van der Waals surface area contributed by atoms with Gasteiger partial charge in [-0.1, -0.05) is 42.5 Å². The first-order valence-electron chi connectivity index (χ1n) is 5.44. The van der Waals surface area contributed by atoms with E-state index in [2.05, 4.69) is 0 Å². The van der Waals surface area contributed by atoms with Gasteiger partial charge < -0.3 is 4.74 Å². The molecule has 0 aromatic heterocycles. The maximum Gasteiger partial charge on any atom is 0.128 e. The second-order valence-electron chi connectivity index (χ2n) is 3.54. The molecule has 0 aliphatic carbocycles. The molecule has 0 heterocycles. The van der Waals surface area contributed by atoms with Crippen LogP contribution in [0.1, 0.15) is 5.56 Å². The average Bonchev–Trinajstić information content (AvgIpc) is 2.38. The molecule has 0 spiro atoms. The van der Waals surface area contributed by atoms with Crippen molar-refractivity contribution in [2.45, 2.75) is 0 Å². The summed E-state index contributed by atoms with van der Waals surface area (Å²) in [5.74, 6) is 2.18. The SMILES string of the molecule is ClCC=Cc1cccc(Oc2ccccc2)c1. The molecule has 0 amide bonds. The second kappa shape index (κ2) is 6.12. The lowest BCUT2D eigenvalue weighted by Gasteiger charge is -2.05. The van der Waals surface area contributed by atoms with E-state index in [1.165, 1.54) is 0 Å². The summed E-state index contributed by atoms with van der Waals surface area (Å²) in [6.07, 6.45) is 3.88. The van der Waals surface area contributed by atoms with Crippen LogP contribution in [0.3, 0.4) is 0 Å². The van der Waals surface area contributed by atoms with Gasteiger partial charge in [0.05, 0.1) is 0 Å². The van der Waals surface area contributed by atoms with Gasteiger partial charge in [0.1, 0.15) is 11.5 Å². The Bertz CT molecular complexity index is 491. The van der Waals surface area contributed by atoms with Gasteiger partial charge in [0.25, 0.3) is 0 Å². The van der Waals surface area contributed by atoms with Crippen LogP contribution in [0.25, 0.3) is 6.08 Å². The number of allylic oxidation sites excluding steroid dienone is 1. The molecular weight excluding hydrogens is 232 g/mol. The molecule has 0 radical (unpaired) electrons. The first-order valence-corrected chi connectivity index (χ1v) is 5.97. The van der Waals surface area contributed by atoms with Crippen molar-refractivity contribution >= 4 is 17.7 Å². The van der Waals surface area contributed by atoms with E-state index in [1.807, 2.05) is 66.7 Å². The van der Waals surface area contributed by atoms with Crippen LogP contribution in [0.5, 0.6) is 11.5 Å². The van der Waals surface area contributed by atoms with Crippen LogP contribution in [0, 0.1) is 0 Å². The maximum atomic E-state index is 5.73. The molecule has 0 atom stereocenters. The Morgan fingerprint density at radius 2 is 1.71 bits per heavy atom. The third-order valence-corrected chi connectivity index (χ3v) is 2.41. The molecule has 0 aliphatic heterocycles. The minimum Gasteiger partial charge on any atom is -0.457 e. The molecule has 2 aromatic carbocycles. The summed E-state index contributed by atoms with van der Waals surface area (Å²) >= 11 is 5.60. The Kier molecular flexibility index (Phi) is 4.23. The van der Waals surface area contributed by atoms with Gasteiger partial charge in [-0.15, -0.1) is 11.6 Å². The minimum absolute atomic E-state index is 0.518. The molecule has 2 aromatic rings. The van der Waals surface area contributed by atoms with Gasteiger partial charge in [-0.05, 0) is 29.8 Å². The number of halogens is 1. The first-order chi connectivity index (χ1) is 8.38. The molecular formula is C15H13ClO. The van der Waals surface area contributed by atoms with Gasteiger partial charge in [0, 0.05) is 5.88 Å². The molecule has 0 unspecified atom stereocenters. The van der Waals surface area contributed by atoms with Crippen molar-refractivity contribution < 1.29 is 4.74 Å². The van der Waals surface area contributed by atoms with Crippen molar-refractivity contribution in [1.82, 2.24) is 0 Å². The highest BCUT2D eigenvalue weighted by molar-refractivity contribution is 6.19. The molecule has 0 saturated carbocycles. The van der Waals surface area contributed by atoms with E-state index in [4.69, 9.17) is 16.3 Å². The summed E-state index contributed by atoms with van der Waals surface area (Å²) in [4.78, 5) is 0. The molecule has 2 rings (SSSR count). The highest BCUT2D eigenvalue weighted by Crippen LogP contribution is 2.22. The Morgan fingerprint density at radius 1 is 0.941 bits per heavy atom. The Morgan fingerprint density at radius 3 is 2.47 bits per heavy atom. The van der Waals surface area contributed by atoms with E-state index >= 15 is 0 Å². The average molecular weight is 245 g/mol. The molecule has 0 aliphatic rings. The zero-order valence-electron chi connectivity index (χ0n) is 9.34. The summed E-state index contributed by atoms with van der Waals surface area (Å²) in [6, 6.07) is 17.6. The first kappa shape index (κ1) is 11.7. The van der Waals surface area contributed by atoms with Crippen LogP contribution in [0.15, 0.2) is 60.7 Å². The van der Waals surface area contributed by atoms with E-state index in [9.17, 15) is 0 Å². The normalized spacial score (nSPS) is 10.6. The zero-order valence-corrected chi connectivity index (χ0v) is 10.1. The fourth-order valence-electron chi connectivity index (χ4n) is 1.49. The minimum atomic E-state index is 0.518. The van der Waals surface area contributed by atoms with Crippen molar-refractivity contribution in [2.75, 3.05) is 5.88 Å². The molecule has 1 nitrogen and oxygen atoms in total. The molecule has 0 bridgehead atoms. The standard InChI is InChI=1S/C15H13ClO/c16-11-5-7-13-6-4-10-15(12-13)17-14-8-2-1-3-9-14/h1-10,12H,11H2. The van der Waals surface area contributed by atoms with Gasteiger partial charge in [-0.25, -0.2) is 0 Å². The van der Waals surface area contributed by atoms with Crippen LogP contribution < -0.4 is 4.74 Å². The fourth-order valence-corrected chi connectivity index (χ4v) is 1.58.